The van der Waals surface area contributed by atoms with Crippen molar-refractivity contribution in [1.29, 1.82) is 0 Å². The van der Waals surface area contributed by atoms with Crippen molar-refractivity contribution in [1.82, 2.24) is 5.32 Å². The maximum atomic E-state index is 12.4. The fourth-order valence-corrected chi connectivity index (χ4v) is 2.51. The van der Waals surface area contributed by atoms with Crippen LogP contribution in [0.4, 0.5) is 0 Å². The van der Waals surface area contributed by atoms with Crippen LogP contribution in [0.5, 0.6) is 11.5 Å². The van der Waals surface area contributed by atoms with Crippen LogP contribution in [-0.4, -0.2) is 38.9 Å². The highest BCUT2D eigenvalue weighted by Gasteiger charge is 2.36. The van der Waals surface area contributed by atoms with Crippen molar-refractivity contribution in [2.24, 2.45) is 5.73 Å². The van der Waals surface area contributed by atoms with Gasteiger partial charge in [0.05, 0.1) is 25.8 Å². The van der Waals surface area contributed by atoms with Crippen molar-refractivity contribution >= 4 is 5.91 Å². The normalized spacial score (nSPS) is 18.4. The van der Waals surface area contributed by atoms with Gasteiger partial charge in [-0.3, -0.25) is 4.79 Å². The lowest BCUT2D eigenvalue weighted by Gasteiger charge is -2.33. The highest BCUT2D eigenvalue weighted by Crippen LogP contribution is 2.30. The molecule has 1 atom stereocenters. The zero-order chi connectivity index (χ0) is 16.2. The van der Waals surface area contributed by atoms with Crippen molar-refractivity contribution in [3.8, 4) is 11.5 Å². The number of nitrogens with one attached hydrogen (secondary N) is 1. The lowest BCUT2D eigenvalue weighted by Crippen LogP contribution is -2.57. The summed E-state index contributed by atoms with van der Waals surface area (Å²) in [6.45, 7) is 2.96. The molecule has 0 aliphatic carbocycles. The van der Waals surface area contributed by atoms with Gasteiger partial charge in [-0.2, -0.15) is 0 Å². The van der Waals surface area contributed by atoms with E-state index >= 15 is 0 Å². The highest BCUT2D eigenvalue weighted by molar-refractivity contribution is 5.86. The molecule has 0 bridgehead atoms. The summed E-state index contributed by atoms with van der Waals surface area (Å²) in [5.41, 5.74) is 6.28. The summed E-state index contributed by atoms with van der Waals surface area (Å²) in [6, 6.07) is 5.41. The number of nitrogens with two attached hydrogens (primary N) is 1. The second-order valence-corrected chi connectivity index (χ2v) is 5.58. The number of amides is 1. The average molecular weight is 308 g/mol. The van der Waals surface area contributed by atoms with E-state index in [1.807, 2.05) is 25.1 Å². The maximum Gasteiger partial charge on any atom is 0.240 e. The van der Waals surface area contributed by atoms with E-state index in [4.69, 9.17) is 19.9 Å². The molecule has 0 spiro atoms. The maximum absolute atomic E-state index is 12.4. The van der Waals surface area contributed by atoms with E-state index in [2.05, 4.69) is 5.32 Å². The Morgan fingerprint density at radius 1 is 1.27 bits per heavy atom. The Morgan fingerprint density at radius 3 is 2.50 bits per heavy atom. The standard InChI is InChI=1S/C16H24N2O4/c1-11(12-4-5-13(20-2)14(10-12)21-3)18-15(19)16(17)6-8-22-9-7-16/h4-5,10-11H,6-9,17H2,1-3H3,(H,18,19). The van der Waals surface area contributed by atoms with E-state index in [-0.39, 0.29) is 11.9 Å². The third-order valence-electron chi connectivity index (χ3n) is 4.09. The van der Waals surface area contributed by atoms with E-state index in [9.17, 15) is 4.79 Å². The molecule has 0 radical (unpaired) electrons. The van der Waals surface area contributed by atoms with Gasteiger partial charge in [0.15, 0.2) is 11.5 Å². The number of ether oxygens (including phenoxy) is 3. The van der Waals surface area contributed by atoms with Crippen LogP contribution in [-0.2, 0) is 9.53 Å². The Kier molecular flexibility index (Phi) is 5.26. The molecule has 3 N–H and O–H groups in total. The summed E-state index contributed by atoms with van der Waals surface area (Å²) in [4.78, 5) is 12.4. The molecule has 1 fully saturated rings. The first kappa shape index (κ1) is 16.6. The number of methoxy groups -OCH3 is 2. The number of hydrogen-bond donors (Lipinski definition) is 2. The minimum atomic E-state index is -0.844. The molecular formula is C16H24N2O4. The molecule has 0 saturated carbocycles. The molecule has 1 heterocycles. The second kappa shape index (κ2) is 6.98. The van der Waals surface area contributed by atoms with Gasteiger partial charge in [-0.25, -0.2) is 0 Å². The summed E-state index contributed by atoms with van der Waals surface area (Å²) in [6.07, 6.45) is 1.08. The Bertz CT molecular complexity index is 527. The minimum absolute atomic E-state index is 0.141. The van der Waals surface area contributed by atoms with Crippen LogP contribution in [0.2, 0.25) is 0 Å². The lowest BCUT2D eigenvalue weighted by molar-refractivity contribution is -0.130. The first-order chi connectivity index (χ1) is 10.5. The molecule has 1 aliphatic rings. The minimum Gasteiger partial charge on any atom is -0.493 e. The molecule has 1 amide bonds. The van der Waals surface area contributed by atoms with Crippen LogP contribution < -0.4 is 20.5 Å². The Balaban J connectivity index is 2.08. The molecule has 1 aromatic carbocycles. The van der Waals surface area contributed by atoms with E-state index in [1.165, 1.54) is 0 Å². The van der Waals surface area contributed by atoms with Gasteiger partial charge in [-0.15, -0.1) is 0 Å². The largest absolute Gasteiger partial charge is 0.493 e. The van der Waals surface area contributed by atoms with Gasteiger partial charge in [0.2, 0.25) is 5.91 Å². The Hall–Kier alpha value is -1.79. The van der Waals surface area contributed by atoms with Crippen LogP contribution in [0.15, 0.2) is 18.2 Å². The van der Waals surface area contributed by atoms with E-state index in [1.54, 1.807) is 14.2 Å². The van der Waals surface area contributed by atoms with E-state index in [0.29, 0.717) is 37.6 Å². The van der Waals surface area contributed by atoms with Crippen molar-refractivity contribution < 1.29 is 19.0 Å². The lowest BCUT2D eigenvalue weighted by atomic mass is 9.90. The number of rotatable bonds is 5. The van der Waals surface area contributed by atoms with Crippen LogP contribution in [0, 0.1) is 0 Å². The van der Waals surface area contributed by atoms with Crippen LogP contribution in [0.25, 0.3) is 0 Å². The predicted octanol–water partition coefficient (Wildman–Crippen LogP) is 1.39. The molecule has 1 aromatic rings. The van der Waals surface area contributed by atoms with Crippen molar-refractivity contribution in [2.45, 2.75) is 31.3 Å². The van der Waals surface area contributed by atoms with Crippen LogP contribution >= 0.6 is 0 Å². The molecule has 2 rings (SSSR count). The molecule has 1 aliphatic heterocycles. The van der Waals surface area contributed by atoms with E-state index in [0.717, 1.165) is 5.56 Å². The fraction of sp³-hybridized carbons (Fsp3) is 0.562. The van der Waals surface area contributed by atoms with Gasteiger partial charge in [-0.05, 0) is 37.5 Å². The van der Waals surface area contributed by atoms with Crippen LogP contribution in [0.1, 0.15) is 31.4 Å². The summed E-state index contributed by atoms with van der Waals surface area (Å²) in [7, 11) is 3.17. The molecule has 6 nitrogen and oxygen atoms in total. The van der Waals surface area contributed by atoms with Crippen molar-refractivity contribution in [2.75, 3.05) is 27.4 Å². The van der Waals surface area contributed by atoms with Crippen molar-refractivity contribution in [3.63, 3.8) is 0 Å². The molecule has 122 valence electrons. The summed E-state index contributed by atoms with van der Waals surface area (Å²) in [5.74, 6) is 1.15. The predicted molar refractivity (Wildman–Crippen MR) is 83.1 cm³/mol. The topological polar surface area (TPSA) is 82.8 Å². The summed E-state index contributed by atoms with van der Waals surface area (Å²) >= 11 is 0. The van der Waals surface area contributed by atoms with Gasteiger partial charge >= 0.3 is 0 Å². The van der Waals surface area contributed by atoms with E-state index < -0.39 is 5.54 Å². The third kappa shape index (κ3) is 3.51. The van der Waals surface area contributed by atoms with Gasteiger partial charge < -0.3 is 25.3 Å². The quantitative estimate of drug-likeness (QED) is 0.859. The highest BCUT2D eigenvalue weighted by atomic mass is 16.5. The Morgan fingerprint density at radius 2 is 1.91 bits per heavy atom. The molecule has 0 aromatic heterocycles. The molecule has 1 unspecified atom stereocenters. The Labute approximate surface area is 130 Å². The summed E-state index contributed by atoms with van der Waals surface area (Å²) < 4.78 is 15.8. The molecule has 1 saturated heterocycles. The first-order valence-corrected chi connectivity index (χ1v) is 7.39. The van der Waals surface area contributed by atoms with Gasteiger partial charge in [0.25, 0.3) is 0 Å². The molecular weight excluding hydrogens is 284 g/mol. The molecule has 6 heteroatoms. The van der Waals surface area contributed by atoms with Crippen molar-refractivity contribution in [3.05, 3.63) is 23.8 Å². The van der Waals surface area contributed by atoms with Crippen LogP contribution in [0.3, 0.4) is 0 Å². The fourth-order valence-electron chi connectivity index (χ4n) is 2.51. The monoisotopic (exact) mass is 308 g/mol. The molecule has 22 heavy (non-hydrogen) atoms. The zero-order valence-corrected chi connectivity index (χ0v) is 13.3. The number of carbonyl (C=O) groups is 1. The number of hydrogen-bond acceptors (Lipinski definition) is 5. The third-order valence-corrected chi connectivity index (χ3v) is 4.09. The number of carbonyl (C=O) groups excluding carboxylic acids is 1. The SMILES string of the molecule is COc1ccc(C(C)NC(=O)C2(N)CCOCC2)cc1OC. The smallest absolute Gasteiger partial charge is 0.240 e. The first-order valence-electron chi connectivity index (χ1n) is 7.39. The zero-order valence-electron chi connectivity index (χ0n) is 13.3. The number of benzene rings is 1. The second-order valence-electron chi connectivity index (χ2n) is 5.58. The van der Waals surface area contributed by atoms with Gasteiger partial charge in [0, 0.05) is 13.2 Å². The average Bonchev–Trinajstić information content (AvgIpc) is 2.54. The van der Waals surface area contributed by atoms with Gasteiger partial charge in [0.1, 0.15) is 0 Å². The van der Waals surface area contributed by atoms with Gasteiger partial charge in [-0.1, -0.05) is 6.07 Å². The summed E-state index contributed by atoms with van der Waals surface area (Å²) in [5, 5.41) is 2.98.